The number of hydrogen-bond acceptors (Lipinski definition) is 3. The molecule has 3 aromatic carbocycles. The van der Waals surface area contributed by atoms with Gasteiger partial charge < -0.3 is 5.32 Å². The molecule has 0 aliphatic rings. The molecule has 0 fully saturated rings. The van der Waals surface area contributed by atoms with Crippen LogP contribution in [0, 0.1) is 0 Å². The number of benzene rings is 3. The van der Waals surface area contributed by atoms with Crippen molar-refractivity contribution in [3.63, 3.8) is 0 Å². The van der Waals surface area contributed by atoms with E-state index in [2.05, 4.69) is 22.3 Å². The Balaban J connectivity index is 1.69. The van der Waals surface area contributed by atoms with Gasteiger partial charge in [-0.1, -0.05) is 78.9 Å². The SMILES string of the molecule is CN(Cc1ccccc1)C(Cc1ccccc1)C(=O)CNC(=O)c1ccccc1. The summed E-state index contributed by atoms with van der Waals surface area (Å²) in [5.41, 5.74) is 2.80. The van der Waals surface area contributed by atoms with Gasteiger partial charge in [0.05, 0.1) is 12.6 Å². The quantitative estimate of drug-likeness (QED) is 0.610. The Morgan fingerprint density at radius 2 is 1.31 bits per heavy atom. The van der Waals surface area contributed by atoms with E-state index in [1.165, 1.54) is 0 Å². The summed E-state index contributed by atoms with van der Waals surface area (Å²) in [7, 11) is 1.96. The third-order valence-electron chi connectivity index (χ3n) is 4.91. The van der Waals surface area contributed by atoms with Crippen molar-refractivity contribution < 1.29 is 9.59 Å². The zero-order chi connectivity index (χ0) is 20.5. The first-order valence-corrected chi connectivity index (χ1v) is 9.77. The molecule has 29 heavy (non-hydrogen) atoms. The van der Waals surface area contributed by atoms with Crippen molar-refractivity contribution in [2.45, 2.75) is 19.0 Å². The zero-order valence-electron chi connectivity index (χ0n) is 16.6. The van der Waals surface area contributed by atoms with E-state index >= 15 is 0 Å². The number of amides is 1. The maximum atomic E-state index is 13.1. The van der Waals surface area contributed by atoms with E-state index in [0.29, 0.717) is 18.5 Å². The molecule has 0 bridgehead atoms. The molecular weight excluding hydrogens is 360 g/mol. The van der Waals surface area contributed by atoms with Gasteiger partial charge in [-0.2, -0.15) is 0 Å². The van der Waals surface area contributed by atoms with Crippen molar-refractivity contribution >= 4 is 11.7 Å². The lowest BCUT2D eigenvalue weighted by Gasteiger charge is -2.27. The Hall–Kier alpha value is -3.24. The van der Waals surface area contributed by atoms with Crippen LogP contribution in [0.3, 0.4) is 0 Å². The van der Waals surface area contributed by atoms with E-state index in [0.717, 1.165) is 11.1 Å². The fourth-order valence-corrected chi connectivity index (χ4v) is 3.31. The molecule has 0 radical (unpaired) electrons. The molecule has 3 rings (SSSR count). The Morgan fingerprint density at radius 1 is 0.793 bits per heavy atom. The van der Waals surface area contributed by atoms with Crippen LogP contribution < -0.4 is 5.32 Å². The van der Waals surface area contributed by atoms with Gasteiger partial charge in [-0.05, 0) is 36.7 Å². The van der Waals surface area contributed by atoms with Gasteiger partial charge in [-0.25, -0.2) is 0 Å². The van der Waals surface area contributed by atoms with E-state index in [-0.39, 0.29) is 24.3 Å². The Morgan fingerprint density at radius 3 is 1.90 bits per heavy atom. The van der Waals surface area contributed by atoms with Crippen LogP contribution in [-0.4, -0.2) is 36.2 Å². The molecule has 0 saturated carbocycles. The molecule has 0 aliphatic heterocycles. The fourth-order valence-electron chi connectivity index (χ4n) is 3.31. The van der Waals surface area contributed by atoms with Gasteiger partial charge in [0.15, 0.2) is 5.78 Å². The molecule has 0 heterocycles. The van der Waals surface area contributed by atoms with Crippen LogP contribution in [0.25, 0.3) is 0 Å². The van der Waals surface area contributed by atoms with E-state index in [1.807, 2.05) is 73.8 Å². The average Bonchev–Trinajstić information content (AvgIpc) is 2.77. The minimum atomic E-state index is -0.325. The highest BCUT2D eigenvalue weighted by atomic mass is 16.2. The third-order valence-corrected chi connectivity index (χ3v) is 4.91. The summed E-state index contributed by atoms with van der Waals surface area (Å²) in [4.78, 5) is 27.4. The summed E-state index contributed by atoms with van der Waals surface area (Å²) >= 11 is 0. The molecule has 1 N–H and O–H groups in total. The number of likely N-dealkylation sites (N-methyl/N-ethyl adjacent to an activating group) is 1. The second-order valence-corrected chi connectivity index (χ2v) is 7.12. The number of Topliss-reactive ketones (excluding diaryl/α,β-unsaturated/α-hetero) is 1. The van der Waals surface area contributed by atoms with Gasteiger partial charge >= 0.3 is 0 Å². The number of rotatable bonds is 9. The molecule has 1 amide bonds. The highest BCUT2D eigenvalue weighted by Crippen LogP contribution is 2.13. The Kier molecular flexibility index (Phi) is 7.31. The highest BCUT2D eigenvalue weighted by molar-refractivity contribution is 5.97. The fraction of sp³-hybridized carbons (Fsp3) is 0.200. The summed E-state index contributed by atoms with van der Waals surface area (Å²) in [5.74, 6) is -0.236. The lowest BCUT2D eigenvalue weighted by Crippen LogP contribution is -2.45. The van der Waals surface area contributed by atoms with E-state index in [9.17, 15) is 9.59 Å². The molecule has 3 aromatic rings. The number of hydrogen-bond donors (Lipinski definition) is 1. The largest absolute Gasteiger partial charge is 0.345 e. The zero-order valence-corrected chi connectivity index (χ0v) is 16.6. The van der Waals surface area contributed by atoms with Crippen LogP contribution in [0.2, 0.25) is 0 Å². The minimum Gasteiger partial charge on any atom is -0.345 e. The number of carbonyl (C=O) groups excluding carboxylic acids is 2. The van der Waals surface area contributed by atoms with Crippen molar-refractivity contribution in [2.24, 2.45) is 0 Å². The number of carbonyl (C=O) groups is 2. The van der Waals surface area contributed by atoms with Gasteiger partial charge in [0.1, 0.15) is 0 Å². The third kappa shape index (κ3) is 6.13. The summed E-state index contributed by atoms with van der Waals surface area (Å²) in [6, 6.07) is 28.7. The Labute approximate surface area is 172 Å². The first kappa shape index (κ1) is 20.5. The Bertz CT molecular complexity index is 911. The van der Waals surface area contributed by atoms with E-state index in [4.69, 9.17) is 0 Å². The van der Waals surface area contributed by atoms with Crippen LogP contribution in [0.4, 0.5) is 0 Å². The van der Waals surface area contributed by atoms with Crippen LogP contribution in [-0.2, 0) is 17.8 Å². The maximum absolute atomic E-state index is 13.1. The second-order valence-electron chi connectivity index (χ2n) is 7.12. The summed E-state index contributed by atoms with van der Waals surface area (Å²) in [6.45, 7) is 0.668. The van der Waals surface area contributed by atoms with Crippen LogP contribution in [0.1, 0.15) is 21.5 Å². The van der Waals surface area contributed by atoms with Gasteiger partial charge in [-0.15, -0.1) is 0 Å². The predicted octanol–water partition coefficient (Wildman–Crippen LogP) is 3.73. The average molecular weight is 386 g/mol. The van der Waals surface area contributed by atoms with Gasteiger partial charge in [0.2, 0.25) is 0 Å². The number of ketones is 1. The molecular formula is C25H26N2O2. The summed E-state index contributed by atoms with van der Waals surface area (Å²) in [6.07, 6.45) is 0.601. The molecule has 1 atom stereocenters. The monoisotopic (exact) mass is 386 g/mol. The molecule has 148 valence electrons. The van der Waals surface area contributed by atoms with Gasteiger partial charge in [0.25, 0.3) is 5.91 Å². The van der Waals surface area contributed by atoms with Crippen LogP contribution in [0.15, 0.2) is 91.0 Å². The van der Waals surface area contributed by atoms with Gasteiger partial charge in [-0.3, -0.25) is 14.5 Å². The molecule has 4 nitrogen and oxygen atoms in total. The smallest absolute Gasteiger partial charge is 0.251 e. The number of nitrogens with one attached hydrogen (secondary N) is 1. The summed E-state index contributed by atoms with van der Waals surface area (Å²) in [5, 5.41) is 2.77. The maximum Gasteiger partial charge on any atom is 0.251 e. The normalized spacial score (nSPS) is 11.8. The van der Waals surface area contributed by atoms with Crippen LogP contribution >= 0.6 is 0 Å². The minimum absolute atomic E-state index is 0.00318. The van der Waals surface area contributed by atoms with Crippen LogP contribution in [0.5, 0.6) is 0 Å². The van der Waals surface area contributed by atoms with Crippen molar-refractivity contribution in [1.29, 1.82) is 0 Å². The highest BCUT2D eigenvalue weighted by Gasteiger charge is 2.24. The van der Waals surface area contributed by atoms with Crippen molar-refractivity contribution in [1.82, 2.24) is 10.2 Å². The van der Waals surface area contributed by atoms with Gasteiger partial charge in [0, 0.05) is 12.1 Å². The molecule has 4 heteroatoms. The number of nitrogens with zero attached hydrogens (tertiary/aromatic N) is 1. The molecule has 0 spiro atoms. The predicted molar refractivity (Wildman–Crippen MR) is 116 cm³/mol. The van der Waals surface area contributed by atoms with Crippen molar-refractivity contribution in [3.05, 3.63) is 108 Å². The first-order valence-electron chi connectivity index (χ1n) is 9.77. The lowest BCUT2D eigenvalue weighted by molar-refractivity contribution is -0.123. The first-order chi connectivity index (χ1) is 14.1. The van der Waals surface area contributed by atoms with Crippen molar-refractivity contribution in [2.75, 3.05) is 13.6 Å². The lowest BCUT2D eigenvalue weighted by atomic mass is 10.00. The standard InChI is InChI=1S/C25H26N2O2/c1-27(19-21-13-7-3-8-14-21)23(17-20-11-5-2-6-12-20)24(28)18-26-25(29)22-15-9-4-10-16-22/h2-16,23H,17-19H2,1H3,(H,26,29). The molecule has 1 unspecified atom stereocenters. The topological polar surface area (TPSA) is 49.4 Å². The van der Waals surface area contributed by atoms with E-state index < -0.39 is 0 Å². The van der Waals surface area contributed by atoms with E-state index in [1.54, 1.807) is 12.1 Å². The van der Waals surface area contributed by atoms with Crippen molar-refractivity contribution in [3.8, 4) is 0 Å². The second kappa shape index (κ2) is 10.3. The summed E-state index contributed by atoms with van der Waals surface area (Å²) < 4.78 is 0. The molecule has 0 aliphatic carbocycles. The molecule has 0 saturated heterocycles. The molecule has 0 aromatic heterocycles.